The summed E-state index contributed by atoms with van der Waals surface area (Å²) in [6, 6.07) is 8.85. The van der Waals surface area contributed by atoms with E-state index in [0.29, 0.717) is 32.1 Å². The van der Waals surface area contributed by atoms with Crippen LogP contribution in [0.2, 0.25) is 0 Å². The van der Waals surface area contributed by atoms with Crippen LogP contribution in [0.15, 0.2) is 30.3 Å². The molecule has 2 rings (SSSR count). The molecule has 7 heteroatoms. The van der Waals surface area contributed by atoms with Gasteiger partial charge in [-0.3, -0.25) is 14.4 Å². The number of carboxylic acid groups (broad SMARTS) is 1. The molecular weight excluding hydrogens is 364 g/mol. The summed E-state index contributed by atoms with van der Waals surface area (Å²) in [5.41, 5.74) is 0.908. The third-order valence-corrected chi connectivity index (χ3v) is 5.54. The number of carbonyl (C=O) groups excluding carboxylic acids is 2. The highest BCUT2D eigenvalue weighted by molar-refractivity contribution is 7.98. The Morgan fingerprint density at radius 1 is 1.15 bits per heavy atom. The Kier molecular flexibility index (Phi) is 8.64. The number of aliphatic carboxylic acids is 1. The summed E-state index contributed by atoms with van der Waals surface area (Å²) in [4.78, 5) is 36.1. The summed E-state index contributed by atoms with van der Waals surface area (Å²) in [5.74, 6) is -0.641. The first-order chi connectivity index (χ1) is 13.0. The van der Waals surface area contributed by atoms with E-state index >= 15 is 0 Å². The van der Waals surface area contributed by atoms with E-state index in [1.54, 1.807) is 11.8 Å². The maximum absolute atomic E-state index is 12.7. The van der Waals surface area contributed by atoms with Crippen LogP contribution in [-0.4, -0.2) is 47.0 Å². The molecule has 1 saturated carbocycles. The van der Waals surface area contributed by atoms with E-state index in [1.165, 1.54) is 0 Å². The lowest BCUT2D eigenvalue weighted by molar-refractivity contribution is -0.143. The van der Waals surface area contributed by atoms with Crippen molar-refractivity contribution in [2.75, 3.05) is 12.0 Å². The van der Waals surface area contributed by atoms with Crippen molar-refractivity contribution in [3.8, 4) is 0 Å². The van der Waals surface area contributed by atoms with Crippen molar-refractivity contribution < 1.29 is 19.5 Å². The smallest absolute Gasteiger partial charge is 0.306 e. The molecular formula is C20H28N2O4S. The lowest BCUT2D eigenvalue weighted by atomic mass is 9.86. The quantitative estimate of drug-likeness (QED) is 0.599. The molecule has 3 N–H and O–H groups in total. The van der Waals surface area contributed by atoms with Gasteiger partial charge in [0.25, 0.3) is 0 Å². The van der Waals surface area contributed by atoms with Crippen LogP contribution in [0, 0.1) is 5.92 Å². The van der Waals surface area contributed by atoms with E-state index in [2.05, 4.69) is 10.6 Å². The number of carbonyl (C=O) groups is 3. The number of nitrogens with one attached hydrogen (secondary N) is 2. The van der Waals surface area contributed by atoms with Gasteiger partial charge in [-0.05, 0) is 49.7 Å². The Balaban J connectivity index is 1.87. The number of thioether (sulfide) groups is 1. The van der Waals surface area contributed by atoms with Crippen LogP contribution in [-0.2, 0) is 20.8 Å². The Morgan fingerprint density at radius 3 is 2.41 bits per heavy atom. The zero-order valence-corrected chi connectivity index (χ0v) is 16.5. The molecule has 1 aromatic carbocycles. The van der Waals surface area contributed by atoms with Crippen LogP contribution in [0.5, 0.6) is 0 Å². The predicted molar refractivity (Wildman–Crippen MR) is 107 cm³/mol. The molecule has 0 saturated heterocycles. The van der Waals surface area contributed by atoms with E-state index < -0.39 is 12.0 Å². The largest absolute Gasteiger partial charge is 0.481 e. The molecule has 0 heterocycles. The summed E-state index contributed by atoms with van der Waals surface area (Å²) < 4.78 is 0. The highest BCUT2D eigenvalue weighted by atomic mass is 32.2. The molecule has 27 heavy (non-hydrogen) atoms. The molecule has 1 aromatic rings. The fourth-order valence-electron chi connectivity index (χ4n) is 3.32. The van der Waals surface area contributed by atoms with Gasteiger partial charge in [-0.2, -0.15) is 11.8 Å². The first-order valence-corrected chi connectivity index (χ1v) is 10.7. The van der Waals surface area contributed by atoms with E-state index in [-0.39, 0.29) is 30.2 Å². The Hall–Kier alpha value is -2.02. The van der Waals surface area contributed by atoms with Gasteiger partial charge in [0.05, 0.1) is 12.3 Å². The van der Waals surface area contributed by atoms with Crippen LogP contribution in [0.1, 0.15) is 37.7 Å². The van der Waals surface area contributed by atoms with Gasteiger partial charge in [0, 0.05) is 6.04 Å². The lowest BCUT2D eigenvalue weighted by Crippen LogP contribution is -2.51. The molecule has 0 bridgehead atoms. The maximum Gasteiger partial charge on any atom is 0.306 e. The molecule has 0 spiro atoms. The Bertz CT molecular complexity index is 630. The second-order valence-corrected chi connectivity index (χ2v) is 7.94. The monoisotopic (exact) mass is 392 g/mol. The third-order valence-electron chi connectivity index (χ3n) is 4.89. The Morgan fingerprint density at radius 2 is 1.81 bits per heavy atom. The topological polar surface area (TPSA) is 95.5 Å². The summed E-state index contributed by atoms with van der Waals surface area (Å²) in [6.07, 6.45) is 5.26. The molecule has 6 nitrogen and oxygen atoms in total. The van der Waals surface area contributed by atoms with Crippen LogP contribution < -0.4 is 10.6 Å². The second kappa shape index (κ2) is 11.0. The zero-order chi connectivity index (χ0) is 19.6. The number of carboxylic acids is 1. The van der Waals surface area contributed by atoms with Gasteiger partial charge < -0.3 is 15.7 Å². The van der Waals surface area contributed by atoms with E-state index in [0.717, 1.165) is 11.3 Å². The molecule has 1 atom stereocenters. The molecule has 2 amide bonds. The van der Waals surface area contributed by atoms with Crippen LogP contribution in [0.3, 0.4) is 0 Å². The van der Waals surface area contributed by atoms with Gasteiger partial charge in [-0.25, -0.2) is 0 Å². The summed E-state index contributed by atoms with van der Waals surface area (Å²) >= 11 is 1.63. The van der Waals surface area contributed by atoms with Gasteiger partial charge in [-0.15, -0.1) is 0 Å². The van der Waals surface area contributed by atoms with Gasteiger partial charge in [0.15, 0.2) is 0 Å². The molecule has 148 valence electrons. The summed E-state index contributed by atoms with van der Waals surface area (Å²) in [7, 11) is 0. The normalized spacial score (nSPS) is 20.5. The van der Waals surface area contributed by atoms with Crippen molar-refractivity contribution >= 4 is 29.5 Å². The first-order valence-electron chi connectivity index (χ1n) is 9.35. The average Bonchev–Trinajstić information content (AvgIpc) is 2.66. The SMILES string of the molecule is CSCCC(NC(=O)Cc1ccccc1)C(=O)NC1CCC(C(=O)O)CC1. The Labute approximate surface area is 164 Å². The van der Waals surface area contributed by atoms with Crippen molar-refractivity contribution in [3.63, 3.8) is 0 Å². The fraction of sp³-hybridized carbons (Fsp3) is 0.550. The van der Waals surface area contributed by atoms with Crippen LogP contribution >= 0.6 is 11.8 Å². The van der Waals surface area contributed by atoms with Crippen molar-refractivity contribution in [2.24, 2.45) is 5.92 Å². The highest BCUT2D eigenvalue weighted by Gasteiger charge is 2.29. The lowest BCUT2D eigenvalue weighted by Gasteiger charge is -2.28. The third kappa shape index (κ3) is 7.25. The second-order valence-electron chi connectivity index (χ2n) is 6.96. The fourth-order valence-corrected chi connectivity index (χ4v) is 3.79. The maximum atomic E-state index is 12.7. The molecule has 0 aliphatic heterocycles. The minimum Gasteiger partial charge on any atom is -0.481 e. The van der Waals surface area contributed by atoms with E-state index in [1.807, 2.05) is 36.6 Å². The van der Waals surface area contributed by atoms with Gasteiger partial charge in [-0.1, -0.05) is 30.3 Å². The number of hydrogen-bond acceptors (Lipinski definition) is 4. The first kappa shape index (κ1) is 21.3. The molecule has 1 aliphatic rings. The number of hydrogen-bond donors (Lipinski definition) is 3. The number of benzene rings is 1. The average molecular weight is 393 g/mol. The van der Waals surface area contributed by atoms with Crippen LogP contribution in [0.25, 0.3) is 0 Å². The minimum absolute atomic E-state index is 0.0177. The van der Waals surface area contributed by atoms with Crippen LogP contribution in [0.4, 0.5) is 0 Å². The van der Waals surface area contributed by atoms with Crippen molar-refractivity contribution in [2.45, 2.75) is 50.6 Å². The van der Waals surface area contributed by atoms with Gasteiger partial charge in [0.1, 0.15) is 6.04 Å². The minimum atomic E-state index is -0.759. The van der Waals surface area contributed by atoms with Gasteiger partial charge in [0.2, 0.25) is 11.8 Å². The standard InChI is InChI=1S/C20H28N2O4S/c1-27-12-11-17(22-18(23)13-14-5-3-2-4-6-14)19(24)21-16-9-7-15(8-10-16)20(25)26/h2-6,15-17H,7-13H2,1H3,(H,21,24)(H,22,23)(H,25,26). The molecule has 1 unspecified atom stereocenters. The van der Waals surface area contributed by atoms with Gasteiger partial charge >= 0.3 is 5.97 Å². The summed E-state index contributed by atoms with van der Waals surface area (Å²) in [5, 5.41) is 14.9. The molecule has 0 aromatic heterocycles. The molecule has 1 aliphatic carbocycles. The number of amides is 2. The van der Waals surface area contributed by atoms with E-state index in [9.17, 15) is 14.4 Å². The molecule has 1 fully saturated rings. The van der Waals surface area contributed by atoms with E-state index in [4.69, 9.17) is 5.11 Å². The van der Waals surface area contributed by atoms with Crippen molar-refractivity contribution in [1.29, 1.82) is 0 Å². The summed E-state index contributed by atoms with van der Waals surface area (Å²) in [6.45, 7) is 0. The molecule has 0 radical (unpaired) electrons. The number of rotatable bonds is 9. The zero-order valence-electron chi connectivity index (χ0n) is 15.6. The van der Waals surface area contributed by atoms with Crippen molar-refractivity contribution in [1.82, 2.24) is 10.6 Å². The predicted octanol–water partition coefficient (Wildman–Crippen LogP) is 2.23. The van der Waals surface area contributed by atoms with Crippen molar-refractivity contribution in [3.05, 3.63) is 35.9 Å². The highest BCUT2D eigenvalue weighted by Crippen LogP contribution is 2.24.